The minimum absolute atomic E-state index is 0.0150. The predicted octanol–water partition coefficient (Wildman–Crippen LogP) is 3.99. The summed E-state index contributed by atoms with van der Waals surface area (Å²) in [6.07, 6.45) is -2.11. The molecule has 2 rings (SSSR count). The molecule has 1 aromatic carbocycles. The second-order valence-electron chi connectivity index (χ2n) is 8.66. The summed E-state index contributed by atoms with van der Waals surface area (Å²) in [5.74, 6) is -5.20. The number of halogens is 4. The Bertz CT molecular complexity index is 1090. The Labute approximate surface area is 210 Å². The van der Waals surface area contributed by atoms with Crippen LogP contribution in [0.5, 0.6) is 5.75 Å². The van der Waals surface area contributed by atoms with Gasteiger partial charge in [-0.15, -0.1) is 0 Å². The van der Waals surface area contributed by atoms with Crippen molar-refractivity contribution in [2.24, 2.45) is 0 Å². The third kappa shape index (κ3) is 8.59. The van der Waals surface area contributed by atoms with Crippen LogP contribution in [-0.2, 0) is 14.4 Å². The number of nitrogens with zero attached hydrogens (tertiary/aromatic N) is 1. The summed E-state index contributed by atoms with van der Waals surface area (Å²) in [4.78, 5) is 44.2. The molecule has 1 aromatic heterocycles. The Kier molecular flexibility index (Phi) is 9.51. The van der Waals surface area contributed by atoms with E-state index in [1.165, 1.54) is 24.5 Å². The fourth-order valence-corrected chi connectivity index (χ4v) is 3.33. The van der Waals surface area contributed by atoms with Gasteiger partial charge in [0.1, 0.15) is 12.4 Å². The maximum absolute atomic E-state index is 12.7. The molecular formula is C23H26ClF3N4O5. The number of anilines is 1. The van der Waals surface area contributed by atoms with Crippen LogP contribution < -0.4 is 20.9 Å². The van der Waals surface area contributed by atoms with E-state index in [1.807, 2.05) is 0 Å². The zero-order valence-corrected chi connectivity index (χ0v) is 20.7. The first-order valence-corrected chi connectivity index (χ1v) is 11.1. The van der Waals surface area contributed by atoms with Crippen molar-refractivity contribution in [3.63, 3.8) is 0 Å². The summed E-state index contributed by atoms with van der Waals surface area (Å²) in [6.45, 7) is 7.21. The minimum atomic E-state index is -5.32. The molecule has 1 unspecified atom stereocenters. The maximum atomic E-state index is 12.7. The summed E-state index contributed by atoms with van der Waals surface area (Å²) in [7, 11) is 0. The standard InChI is InChI=1S/C23H26ClF3N4O5/c1-13(19(32)30-22(2,3)4)18-16(20(33)31-36-21(34)23(25,26)27)11-15(12-17(18)24)35-10-9-29-14-5-7-28-8-6-14/h5-8,11-13H,9-10H2,1-4H3,(H,28,29)(H,30,32)(H,31,33). The van der Waals surface area contributed by atoms with Crippen LogP contribution in [0.4, 0.5) is 18.9 Å². The summed E-state index contributed by atoms with van der Waals surface area (Å²) < 4.78 is 43.0. The van der Waals surface area contributed by atoms with Crippen LogP contribution in [0.3, 0.4) is 0 Å². The van der Waals surface area contributed by atoms with E-state index in [-0.39, 0.29) is 28.5 Å². The van der Waals surface area contributed by atoms with Gasteiger partial charge in [-0.1, -0.05) is 11.6 Å². The Morgan fingerprint density at radius 2 is 1.75 bits per heavy atom. The molecule has 1 heterocycles. The van der Waals surface area contributed by atoms with E-state index in [1.54, 1.807) is 45.3 Å². The third-order valence-electron chi connectivity index (χ3n) is 4.52. The highest BCUT2D eigenvalue weighted by atomic mass is 35.5. The number of carbonyl (C=O) groups excluding carboxylic acids is 3. The van der Waals surface area contributed by atoms with Crippen LogP contribution in [0.2, 0.25) is 5.02 Å². The van der Waals surface area contributed by atoms with Crippen molar-refractivity contribution in [1.82, 2.24) is 15.8 Å². The van der Waals surface area contributed by atoms with Gasteiger partial charge in [-0.2, -0.15) is 18.7 Å². The number of hydrogen-bond donors (Lipinski definition) is 3. The van der Waals surface area contributed by atoms with Crippen LogP contribution in [0, 0.1) is 0 Å². The summed E-state index contributed by atoms with van der Waals surface area (Å²) in [6, 6.07) is 6.08. The lowest BCUT2D eigenvalue weighted by Gasteiger charge is -2.25. The van der Waals surface area contributed by atoms with E-state index >= 15 is 0 Å². The molecule has 0 saturated carbocycles. The van der Waals surface area contributed by atoms with E-state index in [2.05, 4.69) is 20.5 Å². The van der Waals surface area contributed by atoms with E-state index < -0.39 is 35.4 Å². The molecule has 0 fully saturated rings. The zero-order valence-electron chi connectivity index (χ0n) is 20.0. The number of nitrogens with one attached hydrogen (secondary N) is 3. The second kappa shape index (κ2) is 11.9. The highest BCUT2D eigenvalue weighted by Crippen LogP contribution is 2.33. The molecule has 9 nitrogen and oxygen atoms in total. The molecule has 0 aliphatic rings. The van der Waals surface area contributed by atoms with Crippen molar-refractivity contribution >= 4 is 35.1 Å². The SMILES string of the molecule is CC(C(=O)NC(C)(C)C)c1c(Cl)cc(OCCNc2ccncc2)cc1C(=O)NOC(=O)C(F)(F)F. The van der Waals surface area contributed by atoms with Gasteiger partial charge in [0.05, 0.1) is 11.5 Å². The molecule has 3 N–H and O–H groups in total. The predicted molar refractivity (Wildman–Crippen MR) is 126 cm³/mol. The summed E-state index contributed by atoms with van der Waals surface area (Å²) in [5, 5.41) is 5.79. The molecule has 2 aromatic rings. The van der Waals surface area contributed by atoms with Crippen molar-refractivity contribution in [3.05, 3.63) is 52.8 Å². The Hall–Kier alpha value is -3.54. The van der Waals surface area contributed by atoms with Gasteiger partial charge in [-0.25, -0.2) is 4.79 Å². The van der Waals surface area contributed by atoms with E-state index in [0.29, 0.717) is 6.54 Å². The molecule has 2 amide bonds. The number of hydroxylamine groups is 1. The number of pyridine rings is 1. The van der Waals surface area contributed by atoms with E-state index in [9.17, 15) is 27.6 Å². The number of amides is 2. The highest BCUT2D eigenvalue weighted by molar-refractivity contribution is 6.32. The lowest BCUT2D eigenvalue weighted by Crippen LogP contribution is -2.43. The normalized spacial score (nSPS) is 12.3. The fraction of sp³-hybridized carbons (Fsp3) is 0.391. The topological polar surface area (TPSA) is 119 Å². The number of hydrogen-bond acceptors (Lipinski definition) is 7. The van der Waals surface area contributed by atoms with Crippen LogP contribution >= 0.6 is 11.6 Å². The van der Waals surface area contributed by atoms with Crippen molar-refractivity contribution in [1.29, 1.82) is 0 Å². The molecule has 0 spiro atoms. The average Bonchev–Trinajstić information content (AvgIpc) is 2.78. The molecule has 0 radical (unpaired) electrons. The van der Waals surface area contributed by atoms with Crippen LogP contribution in [0.1, 0.15) is 49.5 Å². The number of rotatable bonds is 8. The molecule has 0 aliphatic carbocycles. The largest absolute Gasteiger partial charge is 0.493 e. The smallest absolute Gasteiger partial charge is 0.492 e. The number of benzene rings is 1. The first kappa shape index (κ1) is 28.7. The molecule has 13 heteroatoms. The first-order valence-electron chi connectivity index (χ1n) is 10.7. The van der Waals surface area contributed by atoms with Crippen LogP contribution in [0.15, 0.2) is 36.7 Å². The zero-order chi connectivity index (χ0) is 27.1. The highest BCUT2D eigenvalue weighted by Gasteiger charge is 2.42. The van der Waals surface area contributed by atoms with Crippen molar-refractivity contribution in [2.45, 2.75) is 45.3 Å². The van der Waals surface area contributed by atoms with Crippen molar-refractivity contribution in [2.75, 3.05) is 18.5 Å². The lowest BCUT2D eigenvalue weighted by molar-refractivity contribution is -0.204. The lowest BCUT2D eigenvalue weighted by atomic mass is 9.93. The molecule has 0 saturated heterocycles. The Morgan fingerprint density at radius 3 is 2.33 bits per heavy atom. The third-order valence-corrected chi connectivity index (χ3v) is 4.83. The molecule has 0 aliphatic heterocycles. The Morgan fingerprint density at radius 1 is 1.11 bits per heavy atom. The quantitative estimate of drug-likeness (QED) is 0.349. The van der Waals surface area contributed by atoms with Crippen molar-refractivity contribution < 1.29 is 37.1 Å². The summed E-state index contributed by atoms with van der Waals surface area (Å²) >= 11 is 6.38. The van der Waals surface area contributed by atoms with Gasteiger partial charge >= 0.3 is 12.1 Å². The van der Waals surface area contributed by atoms with Crippen LogP contribution in [-0.4, -0.2) is 47.6 Å². The second-order valence-corrected chi connectivity index (χ2v) is 9.06. The van der Waals surface area contributed by atoms with Gasteiger partial charge in [0.25, 0.3) is 5.91 Å². The minimum Gasteiger partial charge on any atom is -0.492 e. The molecular weight excluding hydrogens is 505 g/mol. The maximum Gasteiger partial charge on any atom is 0.493 e. The number of aromatic nitrogens is 1. The molecule has 36 heavy (non-hydrogen) atoms. The van der Waals surface area contributed by atoms with Gasteiger partial charge in [0, 0.05) is 35.2 Å². The van der Waals surface area contributed by atoms with Gasteiger partial charge in [-0.05, 0) is 57.5 Å². The summed E-state index contributed by atoms with van der Waals surface area (Å²) in [5.41, 5.74) is 1.37. The molecule has 1 atom stereocenters. The van der Waals surface area contributed by atoms with E-state index in [0.717, 1.165) is 5.69 Å². The van der Waals surface area contributed by atoms with Gasteiger partial charge < -0.3 is 20.2 Å². The Balaban J connectivity index is 2.27. The first-order chi connectivity index (χ1) is 16.7. The molecule has 196 valence electrons. The number of carbonyl (C=O) groups is 3. The average molecular weight is 531 g/mol. The monoisotopic (exact) mass is 530 g/mol. The number of ether oxygens (including phenoxy) is 1. The number of alkyl halides is 3. The van der Waals surface area contributed by atoms with Gasteiger partial charge in [0.2, 0.25) is 5.91 Å². The van der Waals surface area contributed by atoms with Crippen molar-refractivity contribution in [3.8, 4) is 5.75 Å². The van der Waals surface area contributed by atoms with E-state index in [4.69, 9.17) is 16.3 Å². The van der Waals surface area contributed by atoms with Gasteiger partial charge in [0.15, 0.2) is 0 Å². The van der Waals surface area contributed by atoms with Crippen LogP contribution in [0.25, 0.3) is 0 Å². The van der Waals surface area contributed by atoms with Gasteiger partial charge in [-0.3, -0.25) is 14.6 Å². The molecule has 0 bridgehead atoms. The fourth-order valence-electron chi connectivity index (χ4n) is 2.95.